The lowest BCUT2D eigenvalue weighted by Gasteiger charge is -2.28. The van der Waals surface area contributed by atoms with Gasteiger partial charge in [-0.05, 0) is 12.0 Å². The minimum absolute atomic E-state index is 0.647. The van der Waals surface area contributed by atoms with Gasteiger partial charge in [0.05, 0.1) is 24.8 Å². The maximum absolute atomic E-state index is 5.46. The third kappa shape index (κ3) is 3.41. The van der Waals surface area contributed by atoms with Crippen LogP contribution in [0.3, 0.4) is 0 Å². The highest BCUT2D eigenvalue weighted by Crippen LogP contribution is 2.25. The van der Waals surface area contributed by atoms with Crippen LogP contribution in [-0.2, 0) is 18.2 Å². The molecule has 7 nitrogen and oxygen atoms in total. The van der Waals surface area contributed by atoms with Gasteiger partial charge in [0.15, 0.2) is 5.65 Å². The molecule has 1 aliphatic heterocycles. The highest BCUT2D eigenvalue weighted by atomic mass is 16.5. The van der Waals surface area contributed by atoms with E-state index in [1.54, 1.807) is 4.68 Å². The van der Waals surface area contributed by atoms with Gasteiger partial charge < -0.3 is 15.0 Å². The molecule has 25 heavy (non-hydrogen) atoms. The summed E-state index contributed by atoms with van der Waals surface area (Å²) in [6.07, 6.45) is 2.77. The third-order valence-electron chi connectivity index (χ3n) is 4.42. The fraction of sp³-hybridized carbons (Fsp3) is 0.389. The summed E-state index contributed by atoms with van der Waals surface area (Å²) in [5, 5.41) is 8.69. The summed E-state index contributed by atoms with van der Waals surface area (Å²) < 4.78 is 7.26. The Morgan fingerprint density at radius 1 is 1.12 bits per heavy atom. The quantitative estimate of drug-likeness (QED) is 0.766. The van der Waals surface area contributed by atoms with Crippen molar-refractivity contribution < 1.29 is 4.74 Å². The molecule has 3 aromatic rings. The molecule has 1 fully saturated rings. The van der Waals surface area contributed by atoms with E-state index in [9.17, 15) is 0 Å². The number of morpholine rings is 1. The maximum Gasteiger partial charge on any atom is 0.226 e. The maximum atomic E-state index is 5.46. The standard InChI is InChI=1S/C18H22N6O/c1-23-16-15(13-20-23)17(24-9-11-25-12-10-24)22-18(21-16)19-8-7-14-5-3-2-4-6-14/h2-6,13H,7-12H2,1H3,(H,19,21,22). The third-order valence-corrected chi connectivity index (χ3v) is 4.42. The molecule has 0 saturated carbocycles. The van der Waals surface area contributed by atoms with Crippen molar-refractivity contribution in [2.24, 2.45) is 7.05 Å². The van der Waals surface area contributed by atoms with Crippen LogP contribution in [0.5, 0.6) is 0 Å². The molecule has 7 heteroatoms. The minimum atomic E-state index is 0.647. The molecule has 4 rings (SSSR count). The Labute approximate surface area is 146 Å². The predicted molar refractivity (Wildman–Crippen MR) is 98.0 cm³/mol. The van der Waals surface area contributed by atoms with Crippen LogP contribution in [0.25, 0.3) is 11.0 Å². The fourth-order valence-electron chi connectivity index (χ4n) is 3.07. The normalized spacial score (nSPS) is 14.8. The van der Waals surface area contributed by atoms with Gasteiger partial charge in [-0.15, -0.1) is 0 Å². The van der Waals surface area contributed by atoms with E-state index in [1.165, 1.54) is 5.56 Å². The average molecular weight is 338 g/mol. The first-order valence-electron chi connectivity index (χ1n) is 8.61. The number of rotatable bonds is 5. The topological polar surface area (TPSA) is 68.1 Å². The van der Waals surface area contributed by atoms with Crippen LogP contribution >= 0.6 is 0 Å². The van der Waals surface area contributed by atoms with Gasteiger partial charge in [-0.3, -0.25) is 4.68 Å². The lowest BCUT2D eigenvalue weighted by Crippen LogP contribution is -2.37. The Morgan fingerprint density at radius 2 is 1.92 bits per heavy atom. The molecule has 0 bridgehead atoms. The zero-order chi connectivity index (χ0) is 17.1. The Kier molecular flexibility index (Phi) is 4.47. The molecule has 0 amide bonds. The highest BCUT2D eigenvalue weighted by Gasteiger charge is 2.19. The van der Waals surface area contributed by atoms with Crippen LogP contribution in [-0.4, -0.2) is 52.6 Å². The molecule has 0 aliphatic carbocycles. The number of fused-ring (bicyclic) bond motifs is 1. The van der Waals surface area contributed by atoms with Gasteiger partial charge >= 0.3 is 0 Å². The van der Waals surface area contributed by atoms with Crippen molar-refractivity contribution in [1.82, 2.24) is 19.7 Å². The Bertz CT molecular complexity index is 841. The Morgan fingerprint density at radius 3 is 2.72 bits per heavy atom. The molecular formula is C18H22N6O. The smallest absolute Gasteiger partial charge is 0.226 e. The molecular weight excluding hydrogens is 316 g/mol. The van der Waals surface area contributed by atoms with Gasteiger partial charge in [0.1, 0.15) is 5.82 Å². The van der Waals surface area contributed by atoms with E-state index in [0.717, 1.165) is 56.1 Å². The van der Waals surface area contributed by atoms with E-state index in [0.29, 0.717) is 5.95 Å². The van der Waals surface area contributed by atoms with E-state index in [1.807, 2.05) is 19.3 Å². The lowest BCUT2D eigenvalue weighted by molar-refractivity contribution is 0.122. The second-order valence-electron chi connectivity index (χ2n) is 6.14. The Balaban J connectivity index is 1.57. The molecule has 0 atom stereocenters. The first-order chi connectivity index (χ1) is 12.3. The molecule has 3 heterocycles. The minimum Gasteiger partial charge on any atom is -0.378 e. The summed E-state index contributed by atoms with van der Waals surface area (Å²) in [7, 11) is 1.91. The lowest BCUT2D eigenvalue weighted by atomic mass is 10.1. The van der Waals surface area contributed by atoms with E-state index >= 15 is 0 Å². The molecule has 1 aromatic carbocycles. The number of ether oxygens (including phenoxy) is 1. The highest BCUT2D eigenvalue weighted by molar-refractivity contribution is 5.88. The first kappa shape index (κ1) is 15.8. The van der Waals surface area contributed by atoms with Crippen molar-refractivity contribution in [2.75, 3.05) is 43.1 Å². The van der Waals surface area contributed by atoms with Gasteiger partial charge in [-0.2, -0.15) is 15.1 Å². The summed E-state index contributed by atoms with van der Waals surface area (Å²) in [4.78, 5) is 11.7. The molecule has 2 aromatic heterocycles. The van der Waals surface area contributed by atoms with Crippen molar-refractivity contribution in [3.63, 3.8) is 0 Å². The number of nitrogens with one attached hydrogen (secondary N) is 1. The molecule has 0 spiro atoms. The molecule has 0 unspecified atom stereocenters. The number of benzene rings is 1. The van der Waals surface area contributed by atoms with Gasteiger partial charge in [-0.25, -0.2) is 0 Å². The summed E-state index contributed by atoms with van der Waals surface area (Å²) in [5.41, 5.74) is 2.14. The van der Waals surface area contributed by atoms with E-state index in [2.05, 4.69) is 44.6 Å². The van der Waals surface area contributed by atoms with Crippen LogP contribution in [0.1, 0.15) is 5.56 Å². The summed E-state index contributed by atoms with van der Waals surface area (Å²) >= 11 is 0. The van der Waals surface area contributed by atoms with Crippen LogP contribution in [0, 0.1) is 0 Å². The number of aromatic nitrogens is 4. The van der Waals surface area contributed by atoms with Crippen molar-refractivity contribution in [1.29, 1.82) is 0 Å². The number of nitrogens with zero attached hydrogens (tertiary/aromatic N) is 5. The fourth-order valence-corrected chi connectivity index (χ4v) is 3.07. The number of aryl methyl sites for hydroxylation is 1. The van der Waals surface area contributed by atoms with E-state index < -0.39 is 0 Å². The predicted octanol–water partition coefficient (Wildman–Crippen LogP) is 1.85. The van der Waals surface area contributed by atoms with Gasteiger partial charge in [-0.1, -0.05) is 30.3 Å². The molecule has 0 radical (unpaired) electrons. The zero-order valence-corrected chi connectivity index (χ0v) is 14.4. The molecule has 130 valence electrons. The van der Waals surface area contributed by atoms with Crippen LogP contribution in [0.2, 0.25) is 0 Å². The summed E-state index contributed by atoms with van der Waals surface area (Å²) in [6.45, 7) is 3.91. The second kappa shape index (κ2) is 7.06. The SMILES string of the molecule is Cn1ncc2c(N3CCOCC3)nc(NCCc3ccccc3)nc21. The summed E-state index contributed by atoms with van der Waals surface area (Å²) in [6, 6.07) is 10.4. The van der Waals surface area contributed by atoms with Gasteiger partial charge in [0.25, 0.3) is 0 Å². The van der Waals surface area contributed by atoms with Crippen LogP contribution in [0.4, 0.5) is 11.8 Å². The average Bonchev–Trinajstić information content (AvgIpc) is 3.04. The zero-order valence-electron chi connectivity index (χ0n) is 14.4. The van der Waals surface area contributed by atoms with Crippen molar-refractivity contribution in [3.05, 3.63) is 42.1 Å². The van der Waals surface area contributed by atoms with Gasteiger partial charge in [0, 0.05) is 26.7 Å². The van der Waals surface area contributed by atoms with Crippen molar-refractivity contribution >= 4 is 22.8 Å². The summed E-state index contributed by atoms with van der Waals surface area (Å²) in [5.74, 6) is 1.58. The molecule has 1 saturated heterocycles. The van der Waals surface area contributed by atoms with Crippen LogP contribution in [0.15, 0.2) is 36.5 Å². The number of hydrogen-bond donors (Lipinski definition) is 1. The van der Waals surface area contributed by atoms with Crippen molar-refractivity contribution in [2.45, 2.75) is 6.42 Å². The monoisotopic (exact) mass is 338 g/mol. The van der Waals surface area contributed by atoms with E-state index in [-0.39, 0.29) is 0 Å². The molecule has 1 aliphatic rings. The van der Waals surface area contributed by atoms with Gasteiger partial charge in [0.2, 0.25) is 5.95 Å². The van der Waals surface area contributed by atoms with Crippen molar-refractivity contribution in [3.8, 4) is 0 Å². The first-order valence-corrected chi connectivity index (χ1v) is 8.61. The Hall–Kier alpha value is -2.67. The largest absolute Gasteiger partial charge is 0.378 e. The second-order valence-corrected chi connectivity index (χ2v) is 6.14. The number of hydrogen-bond acceptors (Lipinski definition) is 6. The molecule has 1 N–H and O–H groups in total. The van der Waals surface area contributed by atoms with E-state index in [4.69, 9.17) is 9.72 Å². The number of anilines is 2. The van der Waals surface area contributed by atoms with Crippen LogP contribution < -0.4 is 10.2 Å².